The van der Waals surface area contributed by atoms with Crippen molar-refractivity contribution >= 4 is 22.7 Å². The third-order valence-corrected chi connectivity index (χ3v) is 2.96. The molecule has 0 aliphatic rings. The molecule has 3 heteroatoms. The van der Waals surface area contributed by atoms with Gasteiger partial charge in [-0.1, -0.05) is 19.1 Å². The quantitative estimate of drug-likeness (QED) is 0.764. The van der Waals surface area contributed by atoms with Crippen molar-refractivity contribution in [3.05, 3.63) is 40.7 Å². The number of fused-ring (bicyclic) bond motifs is 1. The standard InChI is InChI=1S/C11H11NOS/c1-2-14-10-7-12-9-6-4-3-5-8(9)11(10)13/h3-7H,2H2,1H3,(H,12,13). The molecule has 2 rings (SSSR count). The van der Waals surface area contributed by atoms with Gasteiger partial charge in [0.25, 0.3) is 0 Å². The fraction of sp³-hybridized carbons (Fsp3) is 0.182. The molecule has 0 radical (unpaired) electrons. The first-order chi connectivity index (χ1) is 6.83. The fourth-order valence-electron chi connectivity index (χ4n) is 1.41. The Kier molecular flexibility index (Phi) is 2.59. The summed E-state index contributed by atoms with van der Waals surface area (Å²) in [6.45, 7) is 2.04. The highest BCUT2D eigenvalue weighted by Gasteiger charge is 2.03. The van der Waals surface area contributed by atoms with E-state index in [1.54, 1.807) is 18.0 Å². The Morgan fingerprint density at radius 3 is 2.93 bits per heavy atom. The van der Waals surface area contributed by atoms with Crippen molar-refractivity contribution in [2.24, 2.45) is 0 Å². The van der Waals surface area contributed by atoms with Crippen LogP contribution < -0.4 is 5.43 Å². The molecule has 72 valence electrons. The molecule has 2 aromatic rings. The molecule has 1 aromatic carbocycles. The highest BCUT2D eigenvalue weighted by Crippen LogP contribution is 2.15. The van der Waals surface area contributed by atoms with E-state index in [1.807, 2.05) is 31.2 Å². The van der Waals surface area contributed by atoms with Crippen LogP contribution in [-0.2, 0) is 0 Å². The van der Waals surface area contributed by atoms with E-state index in [9.17, 15) is 4.79 Å². The molecule has 0 amide bonds. The predicted octanol–water partition coefficient (Wildman–Crippen LogP) is 2.64. The van der Waals surface area contributed by atoms with Gasteiger partial charge in [-0.05, 0) is 17.9 Å². The molecule has 0 saturated heterocycles. The number of nitrogens with one attached hydrogen (secondary N) is 1. The van der Waals surface area contributed by atoms with Crippen LogP contribution in [0.5, 0.6) is 0 Å². The van der Waals surface area contributed by atoms with Gasteiger partial charge >= 0.3 is 0 Å². The van der Waals surface area contributed by atoms with Crippen LogP contribution in [-0.4, -0.2) is 10.7 Å². The largest absolute Gasteiger partial charge is 0.360 e. The van der Waals surface area contributed by atoms with Gasteiger partial charge in [0.2, 0.25) is 5.43 Å². The molecule has 14 heavy (non-hydrogen) atoms. The first-order valence-electron chi connectivity index (χ1n) is 4.56. The summed E-state index contributed by atoms with van der Waals surface area (Å²) in [6, 6.07) is 7.58. The Morgan fingerprint density at radius 1 is 1.36 bits per heavy atom. The van der Waals surface area contributed by atoms with Crippen molar-refractivity contribution < 1.29 is 0 Å². The van der Waals surface area contributed by atoms with E-state index < -0.39 is 0 Å². The van der Waals surface area contributed by atoms with E-state index in [2.05, 4.69) is 4.98 Å². The van der Waals surface area contributed by atoms with Gasteiger partial charge in [-0.25, -0.2) is 0 Å². The van der Waals surface area contributed by atoms with Gasteiger partial charge in [0.15, 0.2) is 0 Å². The summed E-state index contributed by atoms with van der Waals surface area (Å²) in [5.74, 6) is 0.918. The number of aromatic amines is 1. The number of para-hydroxylation sites is 1. The van der Waals surface area contributed by atoms with Crippen LogP contribution in [0.2, 0.25) is 0 Å². The van der Waals surface area contributed by atoms with Crippen LogP contribution in [0, 0.1) is 0 Å². The molecular weight excluding hydrogens is 194 g/mol. The Hall–Kier alpha value is -1.22. The van der Waals surface area contributed by atoms with E-state index >= 15 is 0 Å². The Bertz CT molecular complexity index is 504. The third kappa shape index (κ3) is 1.55. The summed E-state index contributed by atoms with van der Waals surface area (Å²) in [7, 11) is 0. The minimum absolute atomic E-state index is 0.131. The monoisotopic (exact) mass is 205 g/mol. The molecule has 0 bridgehead atoms. The predicted molar refractivity (Wildman–Crippen MR) is 61.0 cm³/mol. The summed E-state index contributed by atoms with van der Waals surface area (Å²) in [5, 5.41) is 0.769. The molecule has 0 atom stereocenters. The van der Waals surface area contributed by atoms with Crippen LogP contribution >= 0.6 is 11.8 Å². The van der Waals surface area contributed by atoms with E-state index in [-0.39, 0.29) is 5.43 Å². The maximum absolute atomic E-state index is 11.9. The van der Waals surface area contributed by atoms with Crippen molar-refractivity contribution in [1.82, 2.24) is 4.98 Å². The number of thioether (sulfide) groups is 1. The number of pyridine rings is 1. The topological polar surface area (TPSA) is 32.9 Å². The smallest absolute Gasteiger partial charge is 0.202 e. The van der Waals surface area contributed by atoms with Gasteiger partial charge in [0.1, 0.15) is 0 Å². The molecule has 0 unspecified atom stereocenters. The molecule has 0 aliphatic carbocycles. The molecule has 0 spiro atoms. The lowest BCUT2D eigenvalue weighted by Gasteiger charge is -2.00. The molecular formula is C11H11NOS. The molecule has 1 aromatic heterocycles. The van der Waals surface area contributed by atoms with Gasteiger partial charge in [-0.2, -0.15) is 0 Å². The number of hydrogen-bond acceptors (Lipinski definition) is 2. The highest BCUT2D eigenvalue weighted by atomic mass is 32.2. The molecule has 1 heterocycles. The zero-order valence-corrected chi connectivity index (χ0v) is 8.73. The summed E-state index contributed by atoms with van der Waals surface area (Å²) in [6.07, 6.45) is 1.79. The summed E-state index contributed by atoms with van der Waals surface area (Å²) < 4.78 is 0. The average molecular weight is 205 g/mol. The van der Waals surface area contributed by atoms with Crippen molar-refractivity contribution in [3.63, 3.8) is 0 Å². The molecule has 0 fully saturated rings. The second kappa shape index (κ2) is 3.88. The third-order valence-electron chi connectivity index (χ3n) is 2.05. The lowest BCUT2D eigenvalue weighted by Crippen LogP contribution is -2.05. The van der Waals surface area contributed by atoms with Crippen LogP contribution in [0.25, 0.3) is 10.9 Å². The second-order valence-corrected chi connectivity index (χ2v) is 4.27. The number of rotatable bonds is 2. The number of H-pyrrole nitrogens is 1. The maximum atomic E-state index is 11.9. The summed E-state index contributed by atoms with van der Waals surface area (Å²) in [5.41, 5.74) is 1.03. The van der Waals surface area contributed by atoms with E-state index in [1.165, 1.54) is 0 Å². The average Bonchev–Trinajstić information content (AvgIpc) is 2.23. The lowest BCUT2D eigenvalue weighted by atomic mass is 10.2. The van der Waals surface area contributed by atoms with Crippen molar-refractivity contribution in [2.75, 3.05) is 5.75 Å². The highest BCUT2D eigenvalue weighted by molar-refractivity contribution is 7.99. The minimum atomic E-state index is 0.131. The van der Waals surface area contributed by atoms with Crippen LogP contribution in [0.1, 0.15) is 6.92 Å². The van der Waals surface area contributed by atoms with E-state index in [0.29, 0.717) is 0 Å². The van der Waals surface area contributed by atoms with E-state index in [0.717, 1.165) is 21.6 Å². The fourth-order valence-corrected chi connectivity index (χ4v) is 2.11. The Morgan fingerprint density at radius 2 is 2.14 bits per heavy atom. The number of aromatic nitrogens is 1. The van der Waals surface area contributed by atoms with Crippen LogP contribution in [0.4, 0.5) is 0 Å². The van der Waals surface area contributed by atoms with Crippen LogP contribution in [0.3, 0.4) is 0 Å². The number of benzene rings is 1. The first-order valence-corrected chi connectivity index (χ1v) is 5.54. The zero-order valence-electron chi connectivity index (χ0n) is 7.91. The van der Waals surface area contributed by atoms with Crippen molar-refractivity contribution in [1.29, 1.82) is 0 Å². The van der Waals surface area contributed by atoms with Crippen LogP contribution in [0.15, 0.2) is 40.2 Å². The van der Waals surface area contributed by atoms with E-state index in [4.69, 9.17) is 0 Å². The molecule has 1 N–H and O–H groups in total. The zero-order chi connectivity index (χ0) is 9.97. The first kappa shape index (κ1) is 9.34. The lowest BCUT2D eigenvalue weighted by molar-refractivity contribution is 1.26. The Labute approximate surface area is 86.3 Å². The van der Waals surface area contributed by atoms with Gasteiger partial charge in [0, 0.05) is 17.1 Å². The van der Waals surface area contributed by atoms with Crippen molar-refractivity contribution in [3.8, 4) is 0 Å². The summed E-state index contributed by atoms with van der Waals surface area (Å²) in [4.78, 5) is 15.8. The SMILES string of the molecule is CCSc1c[nH]c2ccccc2c1=O. The normalized spacial score (nSPS) is 10.6. The molecule has 2 nitrogen and oxygen atoms in total. The minimum Gasteiger partial charge on any atom is -0.360 e. The summed E-state index contributed by atoms with van der Waals surface area (Å²) >= 11 is 1.57. The maximum Gasteiger partial charge on any atom is 0.202 e. The van der Waals surface area contributed by atoms with Gasteiger partial charge in [-0.15, -0.1) is 11.8 Å². The molecule has 0 aliphatic heterocycles. The van der Waals surface area contributed by atoms with Gasteiger partial charge < -0.3 is 4.98 Å². The Balaban J connectivity index is 2.69. The van der Waals surface area contributed by atoms with Gasteiger partial charge in [-0.3, -0.25) is 4.79 Å². The molecule has 0 saturated carbocycles. The van der Waals surface area contributed by atoms with Gasteiger partial charge in [0.05, 0.1) is 4.90 Å². The number of hydrogen-bond donors (Lipinski definition) is 1. The van der Waals surface area contributed by atoms with Crippen molar-refractivity contribution in [2.45, 2.75) is 11.8 Å². The second-order valence-electron chi connectivity index (χ2n) is 2.96.